The molecular formula is C11H16N2O3. The summed E-state index contributed by atoms with van der Waals surface area (Å²) in [4.78, 5) is 24.6. The van der Waals surface area contributed by atoms with Crippen molar-refractivity contribution in [3.05, 3.63) is 0 Å². The number of fused-ring (bicyclic) bond motifs is 1. The summed E-state index contributed by atoms with van der Waals surface area (Å²) in [6.07, 6.45) is 2.75. The second-order valence-corrected chi connectivity index (χ2v) is 4.87. The smallest absolute Gasteiger partial charge is 0.230 e. The summed E-state index contributed by atoms with van der Waals surface area (Å²) < 4.78 is 5.64. The highest BCUT2D eigenvalue weighted by Crippen LogP contribution is 2.41. The van der Waals surface area contributed by atoms with Crippen molar-refractivity contribution >= 4 is 11.8 Å². The lowest BCUT2D eigenvalue weighted by atomic mass is 9.68. The Balaban J connectivity index is 1.80. The van der Waals surface area contributed by atoms with Crippen LogP contribution in [0.25, 0.3) is 0 Å². The van der Waals surface area contributed by atoms with E-state index in [0.29, 0.717) is 18.8 Å². The number of nitrogens with zero attached hydrogens (tertiary/aromatic N) is 1. The Hall–Kier alpha value is -0.940. The van der Waals surface area contributed by atoms with Crippen LogP contribution in [0, 0.1) is 5.92 Å². The van der Waals surface area contributed by atoms with Gasteiger partial charge >= 0.3 is 0 Å². The number of hydrogen-bond acceptors (Lipinski definition) is 4. The first-order valence-electron chi connectivity index (χ1n) is 5.92. The molecule has 2 aliphatic heterocycles. The summed E-state index contributed by atoms with van der Waals surface area (Å²) in [5.74, 6) is 0.163. The lowest BCUT2D eigenvalue weighted by molar-refractivity contribution is -0.173. The first-order chi connectivity index (χ1) is 7.70. The van der Waals surface area contributed by atoms with Crippen molar-refractivity contribution in [3.63, 3.8) is 0 Å². The van der Waals surface area contributed by atoms with E-state index in [4.69, 9.17) is 10.5 Å². The maximum absolute atomic E-state index is 11.6. The number of likely N-dealkylation sites (tertiary alicyclic amines) is 1. The number of carbonyl (C=O) groups excluding carboxylic acids is 2. The molecular weight excluding hydrogens is 208 g/mol. The second-order valence-electron chi connectivity index (χ2n) is 4.87. The molecule has 1 aliphatic carbocycles. The fraction of sp³-hybridized carbons (Fsp3) is 0.818. The van der Waals surface area contributed by atoms with Gasteiger partial charge in [-0.3, -0.25) is 14.5 Å². The van der Waals surface area contributed by atoms with E-state index >= 15 is 0 Å². The van der Waals surface area contributed by atoms with Gasteiger partial charge < -0.3 is 10.5 Å². The van der Waals surface area contributed by atoms with Crippen LogP contribution in [-0.2, 0) is 14.3 Å². The number of imide groups is 1. The quantitative estimate of drug-likeness (QED) is 0.617. The molecule has 5 heteroatoms. The van der Waals surface area contributed by atoms with Crippen LogP contribution in [0.4, 0.5) is 0 Å². The maximum Gasteiger partial charge on any atom is 0.230 e. The number of hydrogen-bond donors (Lipinski definition) is 1. The Morgan fingerprint density at radius 3 is 2.62 bits per heavy atom. The van der Waals surface area contributed by atoms with Crippen molar-refractivity contribution in [3.8, 4) is 0 Å². The first-order valence-corrected chi connectivity index (χ1v) is 5.92. The minimum Gasteiger partial charge on any atom is -0.376 e. The van der Waals surface area contributed by atoms with Gasteiger partial charge in [-0.15, -0.1) is 0 Å². The molecule has 0 radical (unpaired) electrons. The minimum atomic E-state index is -0.201. The predicted molar refractivity (Wildman–Crippen MR) is 55.3 cm³/mol. The lowest BCUT2D eigenvalue weighted by Crippen LogP contribution is -2.72. The van der Waals surface area contributed by atoms with Crippen LogP contribution in [0.2, 0.25) is 0 Å². The molecule has 2 N–H and O–H groups in total. The average molecular weight is 224 g/mol. The van der Waals surface area contributed by atoms with Crippen molar-refractivity contribution in [1.29, 1.82) is 0 Å². The fourth-order valence-corrected chi connectivity index (χ4v) is 3.16. The van der Waals surface area contributed by atoms with Gasteiger partial charge in [0.25, 0.3) is 0 Å². The summed E-state index contributed by atoms with van der Waals surface area (Å²) >= 11 is 0. The molecule has 0 spiro atoms. The number of ether oxygens (including phenoxy) is 1. The molecule has 1 saturated carbocycles. The summed E-state index contributed by atoms with van der Waals surface area (Å²) in [5, 5.41) is 0. The average Bonchev–Trinajstić information content (AvgIpc) is 2.61. The van der Waals surface area contributed by atoms with E-state index in [-0.39, 0.29) is 30.0 Å². The highest BCUT2D eigenvalue weighted by Gasteiger charge is 2.56. The Labute approximate surface area is 93.9 Å². The molecule has 2 amide bonds. The molecule has 4 atom stereocenters. The molecule has 0 aromatic heterocycles. The van der Waals surface area contributed by atoms with E-state index in [2.05, 4.69) is 0 Å². The summed E-state index contributed by atoms with van der Waals surface area (Å²) in [5.41, 5.74) is 6.06. The minimum absolute atomic E-state index is 0.00486. The third-order valence-corrected chi connectivity index (χ3v) is 4.03. The molecule has 2 heterocycles. The maximum atomic E-state index is 11.6. The highest BCUT2D eigenvalue weighted by atomic mass is 16.5. The van der Waals surface area contributed by atoms with E-state index in [0.717, 1.165) is 19.4 Å². The largest absolute Gasteiger partial charge is 0.376 e. The van der Waals surface area contributed by atoms with Gasteiger partial charge in [-0.2, -0.15) is 0 Å². The van der Waals surface area contributed by atoms with E-state index in [9.17, 15) is 9.59 Å². The van der Waals surface area contributed by atoms with Crippen LogP contribution in [0.15, 0.2) is 0 Å². The topological polar surface area (TPSA) is 72.6 Å². The van der Waals surface area contributed by atoms with E-state index in [1.54, 1.807) is 0 Å². The SMILES string of the molecule is NC1C2CCCOC2C1N1C(=O)CCC1=O. The Morgan fingerprint density at radius 1 is 1.25 bits per heavy atom. The molecule has 0 bridgehead atoms. The Kier molecular flexibility index (Phi) is 2.26. The molecule has 3 aliphatic rings. The van der Waals surface area contributed by atoms with Gasteiger partial charge in [0.1, 0.15) is 0 Å². The van der Waals surface area contributed by atoms with Gasteiger partial charge in [-0.05, 0) is 12.8 Å². The van der Waals surface area contributed by atoms with Gasteiger partial charge in [0.15, 0.2) is 0 Å². The molecule has 88 valence electrons. The number of amides is 2. The van der Waals surface area contributed by atoms with Gasteiger partial charge in [-0.25, -0.2) is 0 Å². The molecule has 5 nitrogen and oxygen atoms in total. The molecule has 3 rings (SSSR count). The third-order valence-electron chi connectivity index (χ3n) is 4.03. The van der Waals surface area contributed by atoms with Crippen molar-refractivity contribution in [2.24, 2.45) is 11.7 Å². The molecule has 2 saturated heterocycles. The standard InChI is InChI=1S/C11H16N2O3/c12-9-6-2-1-5-16-11(6)10(9)13-7(14)3-4-8(13)15/h6,9-11H,1-5,12H2. The molecule has 4 unspecified atom stereocenters. The zero-order valence-electron chi connectivity index (χ0n) is 9.09. The van der Waals surface area contributed by atoms with Gasteiger partial charge in [0, 0.05) is 31.4 Å². The predicted octanol–water partition coefficient (Wildman–Crippen LogP) is -0.360. The first kappa shape index (κ1) is 10.2. The van der Waals surface area contributed by atoms with E-state index in [1.807, 2.05) is 0 Å². The van der Waals surface area contributed by atoms with Crippen molar-refractivity contribution in [1.82, 2.24) is 4.90 Å². The number of carbonyl (C=O) groups is 2. The normalized spacial score (nSPS) is 43.2. The van der Waals surface area contributed by atoms with Gasteiger partial charge in [0.2, 0.25) is 11.8 Å². The summed E-state index contributed by atoms with van der Waals surface area (Å²) in [6, 6.07) is -0.288. The van der Waals surface area contributed by atoms with Crippen molar-refractivity contribution in [2.75, 3.05) is 6.61 Å². The van der Waals surface area contributed by atoms with Crippen molar-refractivity contribution in [2.45, 2.75) is 43.9 Å². The molecule has 16 heavy (non-hydrogen) atoms. The van der Waals surface area contributed by atoms with Crippen LogP contribution in [-0.4, -0.2) is 41.5 Å². The molecule has 0 aromatic rings. The highest BCUT2D eigenvalue weighted by molar-refractivity contribution is 6.02. The Morgan fingerprint density at radius 2 is 1.94 bits per heavy atom. The van der Waals surface area contributed by atoms with Crippen LogP contribution < -0.4 is 5.73 Å². The van der Waals surface area contributed by atoms with Gasteiger partial charge in [-0.1, -0.05) is 0 Å². The van der Waals surface area contributed by atoms with Crippen LogP contribution in [0.5, 0.6) is 0 Å². The molecule has 0 aromatic carbocycles. The van der Waals surface area contributed by atoms with Gasteiger partial charge in [0.05, 0.1) is 12.1 Å². The number of rotatable bonds is 1. The van der Waals surface area contributed by atoms with Crippen LogP contribution >= 0.6 is 0 Å². The van der Waals surface area contributed by atoms with E-state index in [1.165, 1.54) is 4.90 Å². The Bertz CT molecular complexity index is 328. The van der Waals surface area contributed by atoms with Crippen LogP contribution in [0.3, 0.4) is 0 Å². The van der Waals surface area contributed by atoms with Crippen LogP contribution in [0.1, 0.15) is 25.7 Å². The summed E-state index contributed by atoms with van der Waals surface area (Å²) in [7, 11) is 0. The molecule has 3 fully saturated rings. The number of nitrogens with two attached hydrogens (primary N) is 1. The van der Waals surface area contributed by atoms with E-state index < -0.39 is 0 Å². The van der Waals surface area contributed by atoms with Crippen molar-refractivity contribution < 1.29 is 14.3 Å². The zero-order valence-corrected chi connectivity index (χ0v) is 9.09. The zero-order chi connectivity index (χ0) is 11.3. The third kappa shape index (κ3) is 1.25. The fourth-order valence-electron chi connectivity index (χ4n) is 3.16. The second kappa shape index (κ2) is 3.53. The lowest BCUT2D eigenvalue weighted by Gasteiger charge is -2.54. The monoisotopic (exact) mass is 224 g/mol. The summed E-state index contributed by atoms with van der Waals surface area (Å²) in [6.45, 7) is 0.723.